The summed E-state index contributed by atoms with van der Waals surface area (Å²) in [6, 6.07) is 12.9. The van der Waals surface area contributed by atoms with Crippen molar-refractivity contribution in [1.82, 2.24) is 5.32 Å². The summed E-state index contributed by atoms with van der Waals surface area (Å²) in [6.07, 6.45) is 4.23. The molecule has 132 valence electrons. The van der Waals surface area contributed by atoms with Crippen LogP contribution in [0.25, 0.3) is 0 Å². The third kappa shape index (κ3) is 4.02. The maximum Gasteiger partial charge on any atom is 0.223 e. The third-order valence-electron chi connectivity index (χ3n) is 4.99. The second kappa shape index (κ2) is 7.28. The molecule has 3 N–H and O–H groups in total. The minimum atomic E-state index is -1.22. The number of fused-ring (bicyclic) bond motifs is 1. The molecule has 0 saturated carbocycles. The molecule has 4 nitrogen and oxygen atoms in total. The SMILES string of the molecule is CC(O)(CC(=O)NCc1c(O)ccc2c1CCCC2)c1ccccc1. The zero-order valence-electron chi connectivity index (χ0n) is 14.6. The van der Waals surface area contributed by atoms with Gasteiger partial charge in [-0.15, -0.1) is 0 Å². The number of carbonyl (C=O) groups excluding carboxylic acids is 1. The van der Waals surface area contributed by atoms with Gasteiger partial charge in [0.05, 0.1) is 12.0 Å². The molecule has 0 spiro atoms. The predicted molar refractivity (Wildman–Crippen MR) is 97.2 cm³/mol. The largest absolute Gasteiger partial charge is 0.508 e. The Balaban J connectivity index is 1.67. The monoisotopic (exact) mass is 339 g/mol. The Labute approximate surface area is 148 Å². The standard InChI is InChI=1S/C21H25NO3/c1-21(25,16-8-3-2-4-9-16)13-20(24)22-14-18-17-10-6-5-7-15(17)11-12-19(18)23/h2-4,8-9,11-12,23,25H,5-7,10,13-14H2,1H3,(H,22,24). The van der Waals surface area contributed by atoms with E-state index in [1.54, 1.807) is 13.0 Å². The highest BCUT2D eigenvalue weighted by Gasteiger charge is 2.26. The van der Waals surface area contributed by atoms with Crippen molar-refractivity contribution in [2.45, 2.75) is 51.2 Å². The summed E-state index contributed by atoms with van der Waals surface area (Å²) in [7, 11) is 0. The summed E-state index contributed by atoms with van der Waals surface area (Å²) >= 11 is 0. The van der Waals surface area contributed by atoms with Crippen molar-refractivity contribution in [3.8, 4) is 5.75 Å². The molecule has 0 aliphatic heterocycles. The summed E-state index contributed by atoms with van der Waals surface area (Å²) < 4.78 is 0. The molecule has 1 atom stereocenters. The summed E-state index contributed by atoms with van der Waals surface area (Å²) in [5, 5.41) is 23.6. The number of amides is 1. The van der Waals surface area contributed by atoms with E-state index in [2.05, 4.69) is 5.32 Å². The lowest BCUT2D eigenvalue weighted by molar-refractivity contribution is -0.126. The molecule has 2 aromatic carbocycles. The van der Waals surface area contributed by atoms with E-state index in [0.29, 0.717) is 12.1 Å². The quantitative estimate of drug-likeness (QED) is 0.783. The Morgan fingerprint density at radius 1 is 1.12 bits per heavy atom. The number of carbonyl (C=O) groups is 1. The zero-order chi connectivity index (χ0) is 17.9. The number of nitrogens with one attached hydrogen (secondary N) is 1. The number of phenols is 1. The van der Waals surface area contributed by atoms with E-state index in [-0.39, 0.29) is 18.1 Å². The van der Waals surface area contributed by atoms with E-state index in [1.807, 2.05) is 36.4 Å². The molecule has 0 heterocycles. The van der Waals surface area contributed by atoms with Crippen molar-refractivity contribution in [2.24, 2.45) is 0 Å². The maximum absolute atomic E-state index is 12.3. The van der Waals surface area contributed by atoms with Crippen molar-refractivity contribution in [3.05, 3.63) is 64.7 Å². The first-order valence-electron chi connectivity index (χ1n) is 8.84. The van der Waals surface area contributed by atoms with Gasteiger partial charge >= 0.3 is 0 Å². The summed E-state index contributed by atoms with van der Waals surface area (Å²) in [5.74, 6) is -0.00237. The molecule has 1 aliphatic rings. The van der Waals surface area contributed by atoms with E-state index in [1.165, 1.54) is 17.5 Å². The van der Waals surface area contributed by atoms with Crippen molar-refractivity contribution < 1.29 is 15.0 Å². The number of hydrogen-bond acceptors (Lipinski definition) is 3. The lowest BCUT2D eigenvalue weighted by Crippen LogP contribution is -2.32. The first-order chi connectivity index (χ1) is 12.0. The number of phenolic OH excluding ortho intramolecular Hbond substituents is 1. The molecule has 0 fully saturated rings. The van der Waals surface area contributed by atoms with Crippen LogP contribution in [0.15, 0.2) is 42.5 Å². The van der Waals surface area contributed by atoms with Crippen molar-refractivity contribution in [2.75, 3.05) is 0 Å². The van der Waals surface area contributed by atoms with E-state index in [0.717, 1.165) is 24.8 Å². The fourth-order valence-electron chi connectivity index (χ4n) is 3.55. The van der Waals surface area contributed by atoms with Gasteiger partial charge in [0.2, 0.25) is 5.91 Å². The van der Waals surface area contributed by atoms with Crippen LogP contribution in [0.1, 0.15) is 48.4 Å². The molecule has 1 aliphatic carbocycles. The number of hydrogen-bond donors (Lipinski definition) is 3. The summed E-state index contributed by atoms with van der Waals surface area (Å²) in [6.45, 7) is 1.93. The Kier molecular flexibility index (Phi) is 5.09. The van der Waals surface area contributed by atoms with Crippen LogP contribution in [0.4, 0.5) is 0 Å². The van der Waals surface area contributed by atoms with Gasteiger partial charge in [-0.3, -0.25) is 4.79 Å². The van der Waals surface area contributed by atoms with Crippen LogP contribution in [-0.2, 0) is 29.8 Å². The van der Waals surface area contributed by atoms with Crippen LogP contribution in [0.5, 0.6) is 5.75 Å². The lowest BCUT2D eigenvalue weighted by atomic mass is 9.87. The van der Waals surface area contributed by atoms with Gasteiger partial charge in [0.25, 0.3) is 0 Å². The molecular formula is C21H25NO3. The number of aryl methyl sites for hydroxylation is 1. The van der Waals surface area contributed by atoms with E-state index >= 15 is 0 Å². The van der Waals surface area contributed by atoms with Gasteiger partial charge in [0.1, 0.15) is 5.75 Å². The molecule has 1 unspecified atom stereocenters. The van der Waals surface area contributed by atoms with Gasteiger partial charge < -0.3 is 15.5 Å². The van der Waals surface area contributed by atoms with Crippen molar-refractivity contribution in [3.63, 3.8) is 0 Å². The number of aromatic hydroxyl groups is 1. The van der Waals surface area contributed by atoms with Crippen LogP contribution in [0.3, 0.4) is 0 Å². The Morgan fingerprint density at radius 2 is 1.84 bits per heavy atom. The fraction of sp³-hybridized carbons (Fsp3) is 0.381. The van der Waals surface area contributed by atoms with Crippen LogP contribution in [-0.4, -0.2) is 16.1 Å². The number of rotatable bonds is 5. The first-order valence-corrected chi connectivity index (χ1v) is 8.84. The molecule has 25 heavy (non-hydrogen) atoms. The van der Waals surface area contributed by atoms with Gasteiger partial charge in [-0.1, -0.05) is 36.4 Å². The average Bonchev–Trinajstić information content (AvgIpc) is 2.61. The van der Waals surface area contributed by atoms with Crippen LogP contribution >= 0.6 is 0 Å². The van der Waals surface area contributed by atoms with Gasteiger partial charge in [0, 0.05) is 12.1 Å². The van der Waals surface area contributed by atoms with E-state index in [9.17, 15) is 15.0 Å². The number of aliphatic hydroxyl groups is 1. The molecule has 2 aromatic rings. The molecular weight excluding hydrogens is 314 g/mol. The number of benzene rings is 2. The molecule has 0 saturated heterocycles. The second-order valence-corrected chi connectivity index (χ2v) is 7.00. The minimum absolute atomic E-state index is 0.0210. The summed E-state index contributed by atoms with van der Waals surface area (Å²) in [4.78, 5) is 12.3. The fourth-order valence-corrected chi connectivity index (χ4v) is 3.55. The van der Waals surface area contributed by atoms with Gasteiger partial charge in [-0.05, 0) is 55.4 Å². The molecule has 1 amide bonds. The maximum atomic E-state index is 12.3. The van der Waals surface area contributed by atoms with Crippen LogP contribution < -0.4 is 5.32 Å². The van der Waals surface area contributed by atoms with E-state index < -0.39 is 5.60 Å². The predicted octanol–water partition coefficient (Wildman–Crippen LogP) is 3.19. The Morgan fingerprint density at radius 3 is 2.60 bits per heavy atom. The smallest absolute Gasteiger partial charge is 0.223 e. The van der Waals surface area contributed by atoms with Crippen molar-refractivity contribution >= 4 is 5.91 Å². The molecule has 0 radical (unpaired) electrons. The highest BCUT2D eigenvalue weighted by molar-refractivity contribution is 5.77. The molecule has 0 aromatic heterocycles. The van der Waals surface area contributed by atoms with E-state index in [4.69, 9.17) is 0 Å². The Bertz CT molecular complexity index is 753. The molecule has 3 rings (SSSR count). The second-order valence-electron chi connectivity index (χ2n) is 7.00. The van der Waals surface area contributed by atoms with Gasteiger partial charge in [0.15, 0.2) is 0 Å². The van der Waals surface area contributed by atoms with Gasteiger partial charge in [-0.2, -0.15) is 0 Å². The average molecular weight is 339 g/mol. The Hall–Kier alpha value is -2.33. The summed E-state index contributed by atoms with van der Waals surface area (Å²) in [5.41, 5.74) is 2.74. The minimum Gasteiger partial charge on any atom is -0.508 e. The van der Waals surface area contributed by atoms with Crippen LogP contribution in [0.2, 0.25) is 0 Å². The first kappa shape index (κ1) is 17.5. The van der Waals surface area contributed by atoms with Crippen LogP contribution in [0, 0.1) is 0 Å². The van der Waals surface area contributed by atoms with Gasteiger partial charge in [-0.25, -0.2) is 0 Å². The highest BCUT2D eigenvalue weighted by atomic mass is 16.3. The highest BCUT2D eigenvalue weighted by Crippen LogP contribution is 2.30. The lowest BCUT2D eigenvalue weighted by Gasteiger charge is -2.24. The topological polar surface area (TPSA) is 69.6 Å². The van der Waals surface area contributed by atoms with Crippen molar-refractivity contribution in [1.29, 1.82) is 0 Å². The zero-order valence-corrected chi connectivity index (χ0v) is 14.6. The normalized spacial score (nSPS) is 15.9. The third-order valence-corrected chi connectivity index (χ3v) is 4.99. The molecule has 0 bridgehead atoms. The molecule has 4 heteroatoms.